The van der Waals surface area contributed by atoms with Crippen molar-refractivity contribution in [3.63, 3.8) is 0 Å². The summed E-state index contributed by atoms with van der Waals surface area (Å²) in [6.45, 7) is 0. The van der Waals surface area contributed by atoms with Crippen molar-refractivity contribution in [3.8, 4) is 0 Å². The highest BCUT2D eigenvalue weighted by Gasteiger charge is 2.47. The van der Waals surface area contributed by atoms with E-state index in [1.165, 1.54) is 19.3 Å². The minimum Gasteiger partial charge on any atom is -0.381 e. The first kappa shape index (κ1) is 8.03. The van der Waals surface area contributed by atoms with Crippen molar-refractivity contribution < 1.29 is 0 Å². The number of hydrogen-bond donors (Lipinski definition) is 2. The molecular formula is C10H14N4. The second-order valence-electron chi connectivity index (χ2n) is 4.28. The van der Waals surface area contributed by atoms with Crippen LogP contribution in [0.4, 0.5) is 11.6 Å². The first-order valence-electron chi connectivity index (χ1n) is 5.17. The highest BCUT2D eigenvalue weighted by molar-refractivity contribution is 5.56. The van der Waals surface area contributed by atoms with Crippen LogP contribution in [0.25, 0.3) is 0 Å². The van der Waals surface area contributed by atoms with Gasteiger partial charge in [-0.05, 0) is 31.1 Å². The van der Waals surface area contributed by atoms with Gasteiger partial charge in [-0.25, -0.2) is 9.97 Å². The summed E-state index contributed by atoms with van der Waals surface area (Å²) in [4.78, 5) is 8.17. The van der Waals surface area contributed by atoms with Gasteiger partial charge in [0.25, 0.3) is 0 Å². The van der Waals surface area contributed by atoms with Crippen LogP contribution in [-0.2, 0) is 0 Å². The zero-order chi connectivity index (χ0) is 9.54. The molecule has 14 heavy (non-hydrogen) atoms. The fourth-order valence-corrected chi connectivity index (χ4v) is 2.06. The highest BCUT2D eigenvalue weighted by Crippen LogP contribution is 2.51. The topological polar surface area (TPSA) is 63.8 Å². The van der Waals surface area contributed by atoms with Crippen molar-refractivity contribution in [2.75, 3.05) is 11.1 Å². The third kappa shape index (κ3) is 1.41. The van der Waals surface area contributed by atoms with Gasteiger partial charge in [-0.3, -0.25) is 0 Å². The predicted octanol–water partition coefficient (Wildman–Crippen LogP) is 1.27. The second-order valence-corrected chi connectivity index (χ2v) is 4.28. The van der Waals surface area contributed by atoms with Crippen LogP contribution in [0.2, 0.25) is 0 Å². The summed E-state index contributed by atoms with van der Waals surface area (Å²) in [5.74, 6) is 3.11. The van der Waals surface area contributed by atoms with Gasteiger partial charge in [0.15, 0.2) is 11.6 Å². The van der Waals surface area contributed by atoms with Gasteiger partial charge in [0.1, 0.15) is 0 Å². The van der Waals surface area contributed by atoms with Crippen LogP contribution in [0.1, 0.15) is 19.3 Å². The summed E-state index contributed by atoms with van der Waals surface area (Å²) >= 11 is 0. The molecule has 0 aliphatic heterocycles. The monoisotopic (exact) mass is 190 g/mol. The molecule has 3 N–H and O–H groups in total. The number of nitrogens with zero attached hydrogens (tertiary/aromatic N) is 2. The Morgan fingerprint density at radius 3 is 2.79 bits per heavy atom. The molecule has 2 aliphatic carbocycles. The molecule has 1 aromatic rings. The molecule has 4 heteroatoms. The zero-order valence-corrected chi connectivity index (χ0v) is 7.98. The molecular weight excluding hydrogens is 176 g/mol. The van der Waals surface area contributed by atoms with E-state index >= 15 is 0 Å². The molecule has 2 fully saturated rings. The van der Waals surface area contributed by atoms with Crippen molar-refractivity contribution in [2.45, 2.75) is 25.3 Å². The van der Waals surface area contributed by atoms with E-state index in [0.717, 1.165) is 17.7 Å². The summed E-state index contributed by atoms with van der Waals surface area (Å²) in [7, 11) is 0. The van der Waals surface area contributed by atoms with Gasteiger partial charge in [0, 0.05) is 18.4 Å². The van der Waals surface area contributed by atoms with E-state index in [0.29, 0.717) is 11.9 Å². The third-order valence-electron chi connectivity index (χ3n) is 3.12. The fourth-order valence-electron chi connectivity index (χ4n) is 2.06. The average Bonchev–Trinajstić information content (AvgIpc) is 2.97. The Morgan fingerprint density at radius 1 is 1.29 bits per heavy atom. The molecule has 0 bridgehead atoms. The maximum Gasteiger partial charge on any atom is 0.169 e. The zero-order valence-electron chi connectivity index (χ0n) is 7.98. The van der Waals surface area contributed by atoms with E-state index in [1.807, 2.05) is 0 Å². The molecule has 4 nitrogen and oxygen atoms in total. The van der Waals surface area contributed by atoms with E-state index in [2.05, 4.69) is 15.3 Å². The highest BCUT2D eigenvalue weighted by atomic mass is 15.1. The minimum absolute atomic E-state index is 0.508. The van der Waals surface area contributed by atoms with Crippen LogP contribution in [0, 0.1) is 11.8 Å². The molecule has 0 aromatic carbocycles. The van der Waals surface area contributed by atoms with Gasteiger partial charge in [0.05, 0.1) is 0 Å². The van der Waals surface area contributed by atoms with Gasteiger partial charge in [-0.2, -0.15) is 0 Å². The number of nitrogen functional groups attached to an aromatic ring is 1. The van der Waals surface area contributed by atoms with Crippen molar-refractivity contribution in [1.29, 1.82) is 0 Å². The lowest BCUT2D eigenvalue weighted by Gasteiger charge is -2.05. The lowest BCUT2D eigenvalue weighted by atomic mass is 10.3. The lowest BCUT2D eigenvalue weighted by molar-refractivity contribution is 0.696. The van der Waals surface area contributed by atoms with E-state index in [1.54, 1.807) is 12.4 Å². The fraction of sp³-hybridized carbons (Fsp3) is 0.600. The SMILES string of the molecule is Nc1nccnc1NC1CC1C1CC1. The Kier molecular flexibility index (Phi) is 1.63. The molecule has 0 amide bonds. The quantitative estimate of drug-likeness (QED) is 0.753. The maximum atomic E-state index is 5.70. The largest absolute Gasteiger partial charge is 0.381 e. The molecule has 2 unspecified atom stereocenters. The van der Waals surface area contributed by atoms with Crippen LogP contribution in [-0.4, -0.2) is 16.0 Å². The van der Waals surface area contributed by atoms with Crippen LogP contribution in [0.5, 0.6) is 0 Å². The van der Waals surface area contributed by atoms with Crippen LogP contribution >= 0.6 is 0 Å². The van der Waals surface area contributed by atoms with E-state index in [9.17, 15) is 0 Å². The summed E-state index contributed by atoms with van der Waals surface area (Å²) in [5, 5.41) is 3.36. The van der Waals surface area contributed by atoms with Crippen LogP contribution in [0.15, 0.2) is 12.4 Å². The Morgan fingerprint density at radius 2 is 2.07 bits per heavy atom. The van der Waals surface area contributed by atoms with Gasteiger partial charge >= 0.3 is 0 Å². The van der Waals surface area contributed by atoms with E-state index < -0.39 is 0 Å². The van der Waals surface area contributed by atoms with Gasteiger partial charge in [-0.1, -0.05) is 0 Å². The summed E-state index contributed by atoms with van der Waals surface area (Å²) < 4.78 is 0. The molecule has 3 rings (SSSR count). The molecule has 0 saturated heterocycles. The summed E-state index contributed by atoms with van der Waals surface area (Å²) in [5.41, 5.74) is 5.70. The van der Waals surface area contributed by atoms with Gasteiger partial charge in [-0.15, -0.1) is 0 Å². The van der Waals surface area contributed by atoms with Crippen molar-refractivity contribution in [2.24, 2.45) is 11.8 Å². The number of hydrogen-bond acceptors (Lipinski definition) is 4. The molecule has 1 aromatic heterocycles. The predicted molar refractivity (Wildman–Crippen MR) is 54.7 cm³/mol. The molecule has 2 atom stereocenters. The number of nitrogens with two attached hydrogens (primary N) is 1. The summed E-state index contributed by atoms with van der Waals surface area (Å²) in [6.07, 6.45) is 7.40. The average molecular weight is 190 g/mol. The smallest absolute Gasteiger partial charge is 0.169 e. The van der Waals surface area contributed by atoms with Crippen molar-refractivity contribution >= 4 is 11.6 Å². The lowest BCUT2D eigenvalue weighted by Crippen LogP contribution is -2.09. The van der Waals surface area contributed by atoms with E-state index in [-0.39, 0.29) is 0 Å². The molecule has 74 valence electrons. The Bertz CT molecular complexity index is 348. The first-order valence-corrected chi connectivity index (χ1v) is 5.17. The number of nitrogens with one attached hydrogen (secondary N) is 1. The summed E-state index contributed by atoms with van der Waals surface area (Å²) in [6, 6.07) is 0.599. The molecule has 0 radical (unpaired) electrons. The van der Waals surface area contributed by atoms with Crippen molar-refractivity contribution in [1.82, 2.24) is 9.97 Å². The Hall–Kier alpha value is -1.32. The van der Waals surface area contributed by atoms with E-state index in [4.69, 9.17) is 5.73 Å². The standard InChI is InChI=1S/C10H14N4/c11-9-10(13-4-3-12-9)14-8-5-7(8)6-1-2-6/h3-4,6-8H,1-2,5H2,(H2,11,12)(H,13,14). The third-order valence-corrected chi connectivity index (χ3v) is 3.12. The molecule has 1 heterocycles. The molecule has 0 spiro atoms. The van der Waals surface area contributed by atoms with Gasteiger partial charge in [0.2, 0.25) is 0 Å². The Labute approximate surface area is 82.9 Å². The molecule has 2 aliphatic rings. The minimum atomic E-state index is 0.508. The first-order chi connectivity index (χ1) is 6.84. The number of anilines is 2. The number of rotatable bonds is 3. The normalized spacial score (nSPS) is 30.0. The van der Waals surface area contributed by atoms with Gasteiger partial charge < -0.3 is 11.1 Å². The second kappa shape index (κ2) is 2.83. The van der Waals surface area contributed by atoms with Crippen LogP contribution < -0.4 is 11.1 Å². The van der Waals surface area contributed by atoms with Crippen LogP contribution in [0.3, 0.4) is 0 Å². The van der Waals surface area contributed by atoms with Crippen molar-refractivity contribution in [3.05, 3.63) is 12.4 Å². The molecule has 2 saturated carbocycles. The Balaban J connectivity index is 1.65. The number of aromatic nitrogens is 2. The maximum absolute atomic E-state index is 5.70.